The van der Waals surface area contributed by atoms with Crippen molar-refractivity contribution in [2.45, 2.75) is 45.7 Å². The van der Waals surface area contributed by atoms with E-state index in [1.165, 1.54) is 13.2 Å². The molecule has 0 aromatic heterocycles. The van der Waals surface area contributed by atoms with Crippen LogP contribution in [0.15, 0.2) is 18.2 Å². The molecule has 0 aliphatic heterocycles. The minimum Gasteiger partial charge on any atom is -0.494 e. The summed E-state index contributed by atoms with van der Waals surface area (Å²) in [5, 5.41) is 0. The molecule has 0 fully saturated rings. The minimum atomic E-state index is -0.479. The molecule has 0 spiro atoms. The van der Waals surface area contributed by atoms with Crippen molar-refractivity contribution in [2.24, 2.45) is 5.73 Å². The first kappa shape index (κ1) is 17.4. The number of halogens is 1. The minimum absolute atomic E-state index is 0.0813. The third-order valence-electron chi connectivity index (χ3n) is 3.47. The summed E-state index contributed by atoms with van der Waals surface area (Å²) in [6.07, 6.45) is 2.63. The first-order chi connectivity index (χ1) is 10.0. The summed E-state index contributed by atoms with van der Waals surface area (Å²) in [4.78, 5) is 13.9. The van der Waals surface area contributed by atoms with Crippen LogP contribution in [0.2, 0.25) is 0 Å². The number of nitrogens with two attached hydrogens (primary N) is 1. The highest BCUT2D eigenvalue weighted by molar-refractivity contribution is 5.81. The highest BCUT2D eigenvalue weighted by Gasteiger charge is 2.19. The fraction of sp³-hybridized carbons (Fsp3) is 0.562. The number of methoxy groups -OCH3 is 1. The Labute approximate surface area is 126 Å². The van der Waals surface area contributed by atoms with Crippen LogP contribution in [0.3, 0.4) is 0 Å². The van der Waals surface area contributed by atoms with Crippen molar-refractivity contribution in [3.63, 3.8) is 0 Å². The van der Waals surface area contributed by atoms with Crippen LogP contribution in [-0.2, 0) is 11.3 Å². The molecule has 5 heteroatoms. The highest BCUT2D eigenvalue weighted by atomic mass is 19.1. The molecule has 0 bridgehead atoms. The summed E-state index contributed by atoms with van der Waals surface area (Å²) in [6, 6.07) is 4.25. The van der Waals surface area contributed by atoms with Gasteiger partial charge in [0.15, 0.2) is 11.6 Å². The third-order valence-corrected chi connectivity index (χ3v) is 3.47. The van der Waals surface area contributed by atoms with Gasteiger partial charge < -0.3 is 15.4 Å². The molecule has 4 nitrogen and oxygen atoms in total. The lowest BCUT2D eigenvalue weighted by molar-refractivity contribution is -0.133. The van der Waals surface area contributed by atoms with Gasteiger partial charge in [0.1, 0.15) is 0 Å². The summed E-state index contributed by atoms with van der Waals surface area (Å²) >= 11 is 0. The van der Waals surface area contributed by atoms with Crippen LogP contribution in [0.1, 0.15) is 38.7 Å². The van der Waals surface area contributed by atoms with Gasteiger partial charge in [-0.3, -0.25) is 4.79 Å². The third kappa shape index (κ3) is 5.01. The van der Waals surface area contributed by atoms with E-state index in [0.717, 1.165) is 18.4 Å². The summed E-state index contributed by atoms with van der Waals surface area (Å²) in [5.41, 5.74) is 6.65. The van der Waals surface area contributed by atoms with Gasteiger partial charge in [0.25, 0.3) is 0 Å². The van der Waals surface area contributed by atoms with Crippen LogP contribution in [0.4, 0.5) is 4.39 Å². The van der Waals surface area contributed by atoms with Gasteiger partial charge in [-0.1, -0.05) is 25.8 Å². The van der Waals surface area contributed by atoms with Crippen LogP contribution >= 0.6 is 0 Å². The van der Waals surface area contributed by atoms with Gasteiger partial charge in [-0.15, -0.1) is 0 Å². The monoisotopic (exact) mass is 296 g/mol. The molecule has 1 atom stereocenters. The van der Waals surface area contributed by atoms with Crippen molar-refractivity contribution in [2.75, 3.05) is 13.7 Å². The van der Waals surface area contributed by atoms with Gasteiger partial charge in [0.2, 0.25) is 5.91 Å². The molecule has 0 aliphatic carbocycles. The van der Waals surface area contributed by atoms with Crippen LogP contribution in [-0.4, -0.2) is 30.5 Å². The molecule has 0 radical (unpaired) electrons. The molecule has 0 saturated heterocycles. The lowest BCUT2D eigenvalue weighted by Gasteiger charge is -2.24. The van der Waals surface area contributed by atoms with Crippen molar-refractivity contribution in [1.82, 2.24) is 4.90 Å². The predicted octanol–water partition coefficient (Wildman–Crippen LogP) is 2.70. The van der Waals surface area contributed by atoms with E-state index in [1.54, 1.807) is 17.0 Å². The maximum absolute atomic E-state index is 13.7. The van der Waals surface area contributed by atoms with Gasteiger partial charge in [0, 0.05) is 13.1 Å². The summed E-state index contributed by atoms with van der Waals surface area (Å²) in [5.74, 6) is -0.302. The van der Waals surface area contributed by atoms with Crippen LogP contribution in [0.5, 0.6) is 5.75 Å². The van der Waals surface area contributed by atoms with E-state index < -0.39 is 11.9 Å². The van der Waals surface area contributed by atoms with Crippen molar-refractivity contribution >= 4 is 5.91 Å². The molecule has 0 unspecified atom stereocenters. The molecular weight excluding hydrogens is 271 g/mol. The molecular formula is C16H25FN2O2. The van der Waals surface area contributed by atoms with Crippen LogP contribution < -0.4 is 10.5 Å². The Balaban J connectivity index is 2.73. The SMILES string of the molecule is CCCC[C@H](N)C(=O)N(CC)Cc1ccc(OC)c(F)c1. The average Bonchev–Trinajstić information content (AvgIpc) is 2.49. The Morgan fingerprint density at radius 1 is 1.43 bits per heavy atom. The Morgan fingerprint density at radius 2 is 2.14 bits per heavy atom. The number of benzene rings is 1. The molecule has 0 heterocycles. The number of rotatable bonds is 8. The van der Waals surface area contributed by atoms with E-state index in [0.29, 0.717) is 19.5 Å². The first-order valence-corrected chi connectivity index (χ1v) is 7.40. The second-order valence-corrected chi connectivity index (χ2v) is 5.07. The maximum Gasteiger partial charge on any atom is 0.239 e. The molecule has 1 amide bonds. The standard InChI is InChI=1S/C16H25FN2O2/c1-4-6-7-14(18)16(20)19(5-2)11-12-8-9-15(21-3)13(17)10-12/h8-10,14H,4-7,11,18H2,1-3H3/t14-/m0/s1. The molecule has 118 valence electrons. The largest absolute Gasteiger partial charge is 0.494 e. The lowest BCUT2D eigenvalue weighted by atomic mass is 10.1. The van der Waals surface area contributed by atoms with E-state index in [-0.39, 0.29) is 11.7 Å². The smallest absolute Gasteiger partial charge is 0.239 e. The number of ether oxygens (including phenoxy) is 1. The Morgan fingerprint density at radius 3 is 2.67 bits per heavy atom. The zero-order valence-corrected chi connectivity index (χ0v) is 13.1. The number of likely N-dealkylation sites (N-methyl/N-ethyl adjacent to an activating group) is 1. The number of hydrogen-bond donors (Lipinski definition) is 1. The van der Waals surface area contributed by atoms with Crippen molar-refractivity contribution in [3.05, 3.63) is 29.6 Å². The number of carbonyl (C=O) groups is 1. The first-order valence-electron chi connectivity index (χ1n) is 7.40. The average molecular weight is 296 g/mol. The van der Waals surface area contributed by atoms with E-state index >= 15 is 0 Å². The van der Waals surface area contributed by atoms with E-state index in [2.05, 4.69) is 6.92 Å². The summed E-state index contributed by atoms with van der Waals surface area (Å²) in [7, 11) is 1.42. The Hall–Kier alpha value is -1.62. The normalized spacial score (nSPS) is 12.0. The number of amides is 1. The topological polar surface area (TPSA) is 55.6 Å². The van der Waals surface area contributed by atoms with Gasteiger partial charge in [-0.05, 0) is 31.0 Å². The quantitative estimate of drug-likeness (QED) is 0.802. The second kappa shape index (κ2) is 8.62. The predicted molar refractivity (Wildman–Crippen MR) is 81.5 cm³/mol. The molecule has 21 heavy (non-hydrogen) atoms. The zero-order chi connectivity index (χ0) is 15.8. The number of hydrogen-bond acceptors (Lipinski definition) is 3. The van der Waals surface area contributed by atoms with E-state index in [4.69, 9.17) is 10.5 Å². The van der Waals surface area contributed by atoms with Crippen LogP contribution in [0.25, 0.3) is 0 Å². The maximum atomic E-state index is 13.7. The zero-order valence-electron chi connectivity index (χ0n) is 13.1. The lowest BCUT2D eigenvalue weighted by Crippen LogP contribution is -2.43. The Bertz CT molecular complexity index is 466. The highest BCUT2D eigenvalue weighted by Crippen LogP contribution is 2.19. The summed E-state index contributed by atoms with van der Waals surface area (Å²) < 4.78 is 18.6. The van der Waals surface area contributed by atoms with Gasteiger partial charge in [-0.25, -0.2) is 4.39 Å². The fourth-order valence-corrected chi connectivity index (χ4v) is 2.16. The molecule has 0 saturated carbocycles. The number of nitrogens with zero attached hydrogens (tertiary/aromatic N) is 1. The van der Waals surface area contributed by atoms with E-state index in [1.807, 2.05) is 6.92 Å². The van der Waals surface area contributed by atoms with Crippen molar-refractivity contribution in [3.8, 4) is 5.75 Å². The molecule has 1 rings (SSSR count). The van der Waals surface area contributed by atoms with Gasteiger partial charge in [0.05, 0.1) is 13.2 Å². The van der Waals surface area contributed by atoms with Crippen molar-refractivity contribution in [1.29, 1.82) is 0 Å². The molecule has 1 aromatic carbocycles. The van der Waals surface area contributed by atoms with E-state index in [9.17, 15) is 9.18 Å². The fourth-order valence-electron chi connectivity index (χ4n) is 2.16. The van der Waals surface area contributed by atoms with Crippen LogP contribution in [0, 0.1) is 5.82 Å². The molecule has 2 N–H and O–H groups in total. The summed E-state index contributed by atoms with van der Waals surface area (Å²) in [6.45, 7) is 4.86. The number of unbranched alkanes of at least 4 members (excludes halogenated alkanes) is 1. The molecule has 0 aliphatic rings. The molecule has 1 aromatic rings. The van der Waals surface area contributed by atoms with Gasteiger partial charge >= 0.3 is 0 Å². The van der Waals surface area contributed by atoms with Gasteiger partial charge in [-0.2, -0.15) is 0 Å². The Kier molecular flexibility index (Phi) is 7.15. The number of carbonyl (C=O) groups excluding carboxylic acids is 1. The van der Waals surface area contributed by atoms with Crippen molar-refractivity contribution < 1.29 is 13.9 Å². The second-order valence-electron chi connectivity index (χ2n) is 5.07.